The lowest BCUT2D eigenvalue weighted by molar-refractivity contribution is 0.0526. The summed E-state index contributed by atoms with van der Waals surface area (Å²) in [7, 11) is 0. The average Bonchev–Trinajstić information content (AvgIpc) is 2.91. The van der Waals surface area contributed by atoms with E-state index in [0.717, 1.165) is 27.8 Å². The number of hydrogen-bond acceptors (Lipinski definition) is 4. The van der Waals surface area contributed by atoms with Crippen molar-refractivity contribution >= 4 is 17.0 Å². The first-order chi connectivity index (χ1) is 10.6. The third-order valence-electron chi connectivity index (χ3n) is 3.51. The van der Waals surface area contributed by atoms with Gasteiger partial charge in [-0.2, -0.15) is 0 Å². The smallest absolute Gasteiger partial charge is 0.338 e. The van der Waals surface area contributed by atoms with Crippen LogP contribution in [0.5, 0.6) is 0 Å². The molecule has 0 amide bonds. The molecule has 22 heavy (non-hydrogen) atoms. The van der Waals surface area contributed by atoms with E-state index in [1.807, 2.05) is 26.0 Å². The van der Waals surface area contributed by atoms with Crippen LogP contribution in [0.25, 0.3) is 16.7 Å². The van der Waals surface area contributed by atoms with Crippen LogP contribution in [0.15, 0.2) is 36.4 Å². The summed E-state index contributed by atoms with van der Waals surface area (Å²) in [6.45, 7) is 6.23. The lowest BCUT2D eigenvalue weighted by Crippen LogP contribution is -2.05. The highest BCUT2D eigenvalue weighted by Gasteiger charge is 2.11. The van der Waals surface area contributed by atoms with Gasteiger partial charge < -0.3 is 4.74 Å². The van der Waals surface area contributed by atoms with E-state index in [2.05, 4.69) is 22.4 Å². The maximum Gasteiger partial charge on any atom is 0.338 e. The lowest BCUT2D eigenvalue weighted by atomic mass is 10.1. The van der Waals surface area contributed by atoms with Crippen molar-refractivity contribution in [1.82, 2.24) is 15.0 Å². The molecule has 3 rings (SSSR count). The van der Waals surface area contributed by atoms with Crippen LogP contribution in [0.1, 0.15) is 28.4 Å². The maximum atomic E-state index is 11.7. The van der Waals surface area contributed by atoms with E-state index in [1.165, 1.54) is 0 Å². The summed E-state index contributed by atoms with van der Waals surface area (Å²) in [6, 6.07) is 11.3. The molecule has 0 N–H and O–H groups in total. The molecule has 0 bridgehead atoms. The van der Waals surface area contributed by atoms with Crippen molar-refractivity contribution in [1.29, 1.82) is 0 Å². The van der Waals surface area contributed by atoms with Gasteiger partial charge in [-0.15, -0.1) is 5.10 Å². The Hall–Kier alpha value is -2.69. The van der Waals surface area contributed by atoms with Gasteiger partial charge in [-0.1, -0.05) is 11.3 Å². The number of hydrogen-bond donors (Lipinski definition) is 0. The Balaban J connectivity index is 2.03. The highest BCUT2D eigenvalue weighted by Crippen LogP contribution is 2.21. The molecule has 5 heteroatoms. The fourth-order valence-electron chi connectivity index (χ4n) is 2.51. The minimum Gasteiger partial charge on any atom is -0.462 e. The van der Waals surface area contributed by atoms with E-state index in [-0.39, 0.29) is 5.97 Å². The van der Waals surface area contributed by atoms with Gasteiger partial charge in [-0.3, -0.25) is 0 Å². The molecule has 0 unspecified atom stereocenters. The van der Waals surface area contributed by atoms with Gasteiger partial charge in [0.2, 0.25) is 0 Å². The quantitative estimate of drug-likeness (QED) is 0.696. The first-order valence-electron chi connectivity index (χ1n) is 7.20. The van der Waals surface area contributed by atoms with Crippen molar-refractivity contribution in [2.75, 3.05) is 6.61 Å². The molecule has 5 nitrogen and oxygen atoms in total. The summed E-state index contributed by atoms with van der Waals surface area (Å²) >= 11 is 0. The summed E-state index contributed by atoms with van der Waals surface area (Å²) in [6.07, 6.45) is 0. The predicted molar refractivity (Wildman–Crippen MR) is 84.3 cm³/mol. The van der Waals surface area contributed by atoms with Crippen molar-refractivity contribution in [2.24, 2.45) is 0 Å². The zero-order chi connectivity index (χ0) is 15.7. The minimum atomic E-state index is -0.316. The molecule has 2 aromatic carbocycles. The van der Waals surface area contributed by atoms with Crippen LogP contribution in [-0.4, -0.2) is 27.6 Å². The van der Waals surface area contributed by atoms with Crippen LogP contribution in [0.3, 0.4) is 0 Å². The monoisotopic (exact) mass is 295 g/mol. The number of benzene rings is 2. The normalized spacial score (nSPS) is 10.9. The van der Waals surface area contributed by atoms with E-state index in [9.17, 15) is 4.79 Å². The number of esters is 1. The fraction of sp³-hybridized carbons (Fsp3) is 0.235. The summed E-state index contributed by atoms with van der Waals surface area (Å²) in [5.41, 5.74) is 5.51. The van der Waals surface area contributed by atoms with Crippen LogP contribution in [0, 0.1) is 13.8 Å². The summed E-state index contributed by atoms with van der Waals surface area (Å²) in [5, 5.41) is 8.47. The van der Waals surface area contributed by atoms with Gasteiger partial charge in [0.05, 0.1) is 23.4 Å². The standard InChI is InChI=1S/C17H17N3O2/c1-4-22-17(21)13-5-7-14(8-6-13)20-15-10-11(2)9-12(3)16(15)18-19-20/h5-10H,4H2,1-3H3. The second-order valence-electron chi connectivity index (χ2n) is 5.22. The van der Waals surface area contributed by atoms with E-state index >= 15 is 0 Å². The molecule has 0 atom stereocenters. The molecule has 0 radical (unpaired) electrons. The molecule has 0 aliphatic heterocycles. The minimum absolute atomic E-state index is 0.316. The van der Waals surface area contributed by atoms with Gasteiger partial charge in [-0.25, -0.2) is 9.48 Å². The Labute approximate surface area is 128 Å². The second kappa shape index (κ2) is 5.60. The first kappa shape index (κ1) is 14.3. The number of aryl methyl sites for hydroxylation is 2. The second-order valence-corrected chi connectivity index (χ2v) is 5.22. The van der Waals surface area contributed by atoms with E-state index in [4.69, 9.17) is 4.74 Å². The van der Waals surface area contributed by atoms with Crippen molar-refractivity contribution < 1.29 is 9.53 Å². The highest BCUT2D eigenvalue weighted by molar-refractivity contribution is 5.89. The van der Waals surface area contributed by atoms with Gasteiger partial charge in [0, 0.05) is 0 Å². The van der Waals surface area contributed by atoms with Gasteiger partial charge in [0.25, 0.3) is 0 Å². The van der Waals surface area contributed by atoms with Crippen LogP contribution in [-0.2, 0) is 4.74 Å². The van der Waals surface area contributed by atoms with E-state index in [0.29, 0.717) is 12.2 Å². The summed E-state index contributed by atoms with van der Waals surface area (Å²) in [4.78, 5) is 11.7. The Morgan fingerprint density at radius 2 is 1.91 bits per heavy atom. The highest BCUT2D eigenvalue weighted by atomic mass is 16.5. The Morgan fingerprint density at radius 1 is 1.18 bits per heavy atom. The predicted octanol–water partition coefficient (Wildman–Crippen LogP) is 3.21. The zero-order valence-electron chi connectivity index (χ0n) is 12.8. The maximum absolute atomic E-state index is 11.7. The van der Waals surface area contributed by atoms with Crippen molar-refractivity contribution in [2.45, 2.75) is 20.8 Å². The Morgan fingerprint density at radius 3 is 2.59 bits per heavy atom. The molecule has 1 heterocycles. The van der Waals surface area contributed by atoms with Gasteiger partial charge in [-0.05, 0) is 62.2 Å². The van der Waals surface area contributed by atoms with Crippen LogP contribution in [0.2, 0.25) is 0 Å². The number of ether oxygens (including phenoxy) is 1. The Kier molecular flexibility index (Phi) is 3.63. The van der Waals surface area contributed by atoms with Crippen LogP contribution >= 0.6 is 0 Å². The molecule has 0 saturated heterocycles. The molecule has 112 valence electrons. The molecule has 0 aliphatic rings. The molecule has 0 saturated carbocycles. The average molecular weight is 295 g/mol. The van der Waals surface area contributed by atoms with E-state index in [1.54, 1.807) is 23.7 Å². The van der Waals surface area contributed by atoms with Crippen molar-refractivity contribution in [3.05, 3.63) is 53.1 Å². The van der Waals surface area contributed by atoms with E-state index < -0.39 is 0 Å². The SMILES string of the molecule is CCOC(=O)c1ccc(-n2nnc3c(C)cc(C)cc32)cc1. The molecular weight excluding hydrogens is 278 g/mol. The van der Waals surface area contributed by atoms with Crippen LogP contribution < -0.4 is 0 Å². The lowest BCUT2D eigenvalue weighted by Gasteiger charge is -2.05. The number of carbonyl (C=O) groups excluding carboxylic acids is 1. The number of aromatic nitrogens is 3. The third-order valence-corrected chi connectivity index (χ3v) is 3.51. The molecule has 0 spiro atoms. The van der Waals surface area contributed by atoms with Crippen molar-refractivity contribution in [3.63, 3.8) is 0 Å². The van der Waals surface area contributed by atoms with Gasteiger partial charge in [0.15, 0.2) is 0 Å². The number of carbonyl (C=O) groups is 1. The summed E-state index contributed by atoms with van der Waals surface area (Å²) < 4.78 is 6.77. The summed E-state index contributed by atoms with van der Waals surface area (Å²) in [5.74, 6) is -0.316. The van der Waals surface area contributed by atoms with Crippen LogP contribution in [0.4, 0.5) is 0 Å². The topological polar surface area (TPSA) is 57.0 Å². The fourth-order valence-corrected chi connectivity index (χ4v) is 2.51. The van der Waals surface area contributed by atoms with Gasteiger partial charge in [0.1, 0.15) is 5.52 Å². The molecule has 0 aliphatic carbocycles. The molecule has 3 aromatic rings. The molecule has 0 fully saturated rings. The first-order valence-corrected chi connectivity index (χ1v) is 7.20. The number of rotatable bonds is 3. The number of nitrogens with zero attached hydrogens (tertiary/aromatic N) is 3. The third kappa shape index (κ3) is 2.45. The Bertz CT molecular complexity index is 835. The molecule has 1 aromatic heterocycles. The van der Waals surface area contributed by atoms with Gasteiger partial charge >= 0.3 is 5.97 Å². The number of fused-ring (bicyclic) bond motifs is 1. The zero-order valence-corrected chi connectivity index (χ0v) is 12.8. The van der Waals surface area contributed by atoms with Crippen molar-refractivity contribution in [3.8, 4) is 5.69 Å². The molecular formula is C17H17N3O2. The largest absolute Gasteiger partial charge is 0.462 e.